The van der Waals surface area contributed by atoms with E-state index in [1.54, 1.807) is 7.11 Å². The summed E-state index contributed by atoms with van der Waals surface area (Å²) in [5.74, 6) is 0.913. The van der Waals surface area contributed by atoms with E-state index in [1.807, 2.05) is 6.07 Å². The van der Waals surface area contributed by atoms with Crippen molar-refractivity contribution in [1.29, 1.82) is 0 Å². The van der Waals surface area contributed by atoms with Crippen molar-refractivity contribution < 1.29 is 4.74 Å². The largest absolute Gasteiger partial charge is 0.497 e. The van der Waals surface area contributed by atoms with Gasteiger partial charge in [-0.3, -0.25) is 0 Å². The summed E-state index contributed by atoms with van der Waals surface area (Å²) in [6.07, 6.45) is 2.67. The number of benzene rings is 2. The molecule has 3 rings (SSSR count). The third kappa shape index (κ3) is 3.02. The van der Waals surface area contributed by atoms with Gasteiger partial charge in [0, 0.05) is 12.6 Å². The summed E-state index contributed by atoms with van der Waals surface area (Å²) in [5.41, 5.74) is 5.13. The minimum absolute atomic E-state index is 0.763. The number of aryl methyl sites for hydroxylation is 1. The summed E-state index contributed by atoms with van der Waals surface area (Å²) in [6.45, 7) is 3.10. The smallest absolute Gasteiger partial charge is 0.119 e. The molecule has 2 nitrogen and oxygen atoms in total. The first-order valence-electron chi connectivity index (χ1n) is 7.23. The molecule has 1 N–H and O–H groups in total. The molecule has 2 aromatic rings. The van der Waals surface area contributed by atoms with Gasteiger partial charge in [-0.05, 0) is 54.2 Å². The average molecular weight is 267 g/mol. The van der Waals surface area contributed by atoms with Crippen LogP contribution in [0.5, 0.6) is 5.75 Å². The van der Waals surface area contributed by atoms with Gasteiger partial charge in [-0.2, -0.15) is 0 Å². The highest BCUT2D eigenvalue weighted by atomic mass is 16.5. The molecule has 0 radical (unpaired) electrons. The monoisotopic (exact) mass is 267 g/mol. The molecular formula is C18H21NO. The van der Waals surface area contributed by atoms with E-state index in [2.05, 4.69) is 48.6 Å². The van der Waals surface area contributed by atoms with E-state index in [-0.39, 0.29) is 0 Å². The highest BCUT2D eigenvalue weighted by molar-refractivity contribution is 5.68. The number of hydrogen-bond acceptors (Lipinski definition) is 2. The molecule has 1 aliphatic carbocycles. The molecule has 0 amide bonds. The van der Waals surface area contributed by atoms with Crippen molar-refractivity contribution in [1.82, 2.24) is 5.32 Å². The fourth-order valence-corrected chi connectivity index (χ4v) is 2.44. The van der Waals surface area contributed by atoms with E-state index < -0.39 is 0 Å². The minimum atomic E-state index is 0.763. The molecule has 1 fully saturated rings. The minimum Gasteiger partial charge on any atom is -0.497 e. The highest BCUT2D eigenvalue weighted by Gasteiger charge is 2.19. The van der Waals surface area contributed by atoms with Gasteiger partial charge in [0.2, 0.25) is 0 Å². The standard InChI is InChI=1S/C18H21NO/c1-13-11-17(20-2)9-10-18(13)15-5-3-14(4-6-15)12-19-16-7-8-16/h3-6,9-11,16,19H,7-8,12H2,1-2H3. The van der Waals surface area contributed by atoms with Crippen molar-refractivity contribution in [3.63, 3.8) is 0 Å². The predicted molar refractivity (Wildman–Crippen MR) is 83.0 cm³/mol. The first-order valence-corrected chi connectivity index (χ1v) is 7.23. The van der Waals surface area contributed by atoms with Crippen LogP contribution in [0.2, 0.25) is 0 Å². The molecule has 1 saturated carbocycles. The molecule has 0 heterocycles. The molecule has 0 atom stereocenters. The van der Waals surface area contributed by atoms with Crippen LogP contribution in [0.25, 0.3) is 11.1 Å². The number of methoxy groups -OCH3 is 1. The number of rotatable bonds is 5. The molecular weight excluding hydrogens is 246 g/mol. The number of nitrogens with one attached hydrogen (secondary N) is 1. The highest BCUT2D eigenvalue weighted by Crippen LogP contribution is 2.27. The molecule has 0 aromatic heterocycles. The van der Waals surface area contributed by atoms with Crippen LogP contribution < -0.4 is 10.1 Å². The summed E-state index contributed by atoms with van der Waals surface area (Å²) in [5, 5.41) is 3.54. The molecule has 0 saturated heterocycles. The first kappa shape index (κ1) is 13.2. The van der Waals surface area contributed by atoms with Crippen molar-refractivity contribution in [3.05, 3.63) is 53.6 Å². The quantitative estimate of drug-likeness (QED) is 0.886. The Hall–Kier alpha value is -1.80. The Labute approximate surface area is 120 Å². The molecule has 2 heteroatoms. The molecule has 0 bridgehead atoms. The maximum atomic E-state index is 5.26. The maximum Gasteiger partial charge on any atom is 0.119 e. The zero-order valence-corrected chi connectivity index (χ0v) is 12.1. The van der Waals surface area contributed by atoms with Crippen LogP contribution >= 0.6 is 0 Å². The Kier molecular flexibility index (Phi) is 3.75. The fourth-order valence-electron chi connectivity index (χ4n) is 2.44. The second kappa shape index (κ2) is 5.68. The van der Waals surface area contributed by atoms with Crippen LogP contribution in [-0.2, 0) is 6.54 Å². The summed E-state index contributed by atoms with van der Waals surface area (Å²) in [6, 6.07) is 15.8. The van der Waals surface area contributed by atoms with Crippen molar-refractivity contribution in [3.8, 4) is 16.9 Å². The maximum absolute atomic E-state index is 5.26. The lowest BCUT2D eigenvalue weighted by Crippen LogP contribution is -2.14. The molecule has 2 aromatic carbocycles. The van der Waals surface area contributed by atoms with Crippen LogP contribution in [0.4, 0.5) is 0 Å². The molecule has 0 spiro atoms. The first-order chi connectivity index (χ1) is 9.76. The van der Waals surface area contributed by atoms with Crippen molar-refractivity contribution >= 4 is 0 Å². The Morgan fingerprint density at radius 3 is 2.45 bits per heavy atom. The van der Waals surface area contributed by atoms with Gasteiger partial charge in [0.15, 0.2) is 0 Å². The van der Waals surface area contributed by atoms with Gasteiger partial charge in [0.1, 0.15) is 5.75 Å². The molecule has 104 valence electrons. The summed E-state index contributed by atoms with van der Waals surface area (Å²) in [7, 11) is 1.70. The van der Waals surface area contributed by atoms with Crippen molar-refractivity contribution in [2.75, 3.05) is 7.11 Å². The Morgan fingerprint density at radius 1 is 1.10 bits per heavy atom. The van der Waals surface area contributed by atoms with Gasteiger partial charge in [0.05, 0.1) is 7.11 Å². The van der Waals surface area contributed by atoms with Gasteiger partial charge in [-0.15, -0.1) is 0 Å². The van der Waals surface area contributed by atoms with E-state index in [0.717, 1.165) is 18.3 Å². The average Bonchev–Trinajstić information content (AvgIpc) is 3.30. The lowest BCUT2D eigenvalue weighted by molar-refractivity contribution is 0.414. The second-order valence-electron chi connectivity index (χ2n) is 5.53. The summed E-state index contributed by atoms with van der Waals surface area (Å²) < 4.78 is 5.26. The van der Waals surface area contributed by atoms with Crippen molar-refractivity contribution in [2.24, 2.45) is 0 Å². The Balaban J connectivity index is 1.75. The van der Waals surface area contributed by atoms with E-state index >= 15 is 0 Å². The molecule has 1 aliphatic rings. The summed E-state index contributed by atoms with van der Waals surface area (Å²) in [4.78, 5) is 0. The van der Waals surface area contributed by atoms with Crippen LogP contribution in [0.15, 0.2) is 42.5 Å². The SMILES string of the molecule is COc1ccc(-c2ccc(CNC3CC3)cc2)c(C)c1. The van der Waals surface area contributed by atoms with E-state index in [9.17, 15) is 0 Å². The van der Waals surface area contributed by atoms with Crippen LogP contribution in [-0.4, -0.2) is 13.2 Å². The number of hydrogen-bond donors (Lipinski definition) is 1. The van der Waals surface area contributed by atoms with Crippen LogP contribution in [0.1, 0.15) is 24.0 Å². The topological polar surface area (TPSA) is 21.3 Å². The van der Waals surface area contributed by atoms with Crippen molar-refractivity contribution in [2.45, 2.75) is 32.4 Å². The zero-order valence-electron chi connectivity index (χ0n) is 12.1. The van der Waals surface area contributed by atoms with E-state index in [4.69, 9.17) is 4.74 Å². The third-order valence-corrected chi connectivity index (χ3v) is 3.87. The van der Waals surface area contributed by atoms with E-state index in [1.165, 1.54) is 35.1 Å². The van der Waals surface area contributed by atoms with Crippen LogP contribution in [0, 0.1) is 6.92 Å². The normalized spacial score (nSPS) is 14.3. The molecule has 0 unspecified atom stereocenters. The van der Waals surface area contributed by atoms with Gasteiger partial charge in [-0.1, -0.05) is 30.3 Å². The number of ether oxygens (including phenoxy) is 1. The van der Waals surface area contributed by atoms with Gasteiger partial charge in [-0.25, -0.2) is 0 Å². The fraction of sp³-hybridized carbons (Fsp3) is 0.333. The molecule has 20 heavy (non-hydrogen) atoms. The van der Waals surface area contributed by atoms with Gasteiger partial charge >= 0.3 is 0 Å². The lowest BCUT2D eigenvalue weighted by Gasteiger charge is -2.09. The molecule has 0 aliphatic heterocycles. The predicted octanol–water partition coefficient (Wildman–Crippen LogP) is 3.92. The Morgan fingerprint density at radius 2 is 1.85 bits per heavy atom. The van der Waals surface area contributed by atoms with Gasteiger partial charge < -0.3 is 10.1 Å². The Bertz CT molecular complexity index is 585. The second-order valence-corrected chi connectivity index (χ2v) is 5.53. The van der Waals surface area contributed by atoms with E-state index in [0.29, 0.717) is 0 Å². The van der Waals surface area contributed by atoms with Gasteiger partial charge in [0.25, 0.3) is 0 Å². The summed E-state index contributed by atoms with van der Waals surface area (Å²) >= 11 is 0. The zero-order chi connectivity index (χ0) is 13.9. The third-order valence-electron chi connectivity index (χ3n) is 3.87. The van der Waals surface area contributed by atoms with Crippen LogP contribution in [0.3, 0.4) is 0 Å². The lowest BCUT2D eigenvalue weighted by atomic mass is 9.99.